The highest BCUT2D eigenvalue weighted by Gasteiger charge is 2.31. The van der Waals surface area contributed by atoms with E-state index in [-0.39, 0.29) is 18.6 Å². The Balaban J connectivity index is 2.00. The van der Waals surface area contributed by atoms with Crippen LogP contribution in [0.25, 0.3) is 10.1 Å². The molecule has 1 fully saturated rings. The summed E-state index contributed by atoms with van der Waals surface area (Å²) in [5.41, 5.74) is 6.60. The molecule has 0 spiro atoms. The van der Waals surface area contributed by atoms with Gasteiger partial charge >= 0.3 is 0 Å². The number of rotatable bonds is 4. The summed E-state index contributed by atoms with van der Waals surface area (Å²) in [5, 5.41) is 10.5. The van der Waals surface area contributed by atoms with Crippen LogP contribution < -0.4 is 5.73 Å². The van der Waals surface area contributed by atoms with Crippen molar-refractivity contribution in [3.8, 4) is 0 Å². The van der Waals surface area contributed by atoms with Crippen LogP contribution in [0.15, 0.2) is 18.2 Å². The largest absolute Gasteiger partial charge is 0.397 e. The first-order chi connectivity index (χ1) is 10.1. The number of nitrogens with zero attached hydrogens (tertiary/aromatic N) is 1. The van der Waals surface area contributed by atoms with Crippen molar-refractivity contribution in [3.05, 3.63) is 28.1 Å². The first kappa shape index (κ1) is 14.6. The van der Waals surface area contributed by atoms with Gasteiger partial charge in [-0.2, -0.15) is 0 Å². The smallest absolute Gasteiger partial charge is 0.266 e. The Morgan fingerprint density at radius 2 is 2.24 bits per heavy atom. The van der Waals surface area contributed by atoms with E-state index in [0.29, 0.717) is 22.1 Å². The van der Waals surface area contributed by atoms with Crippen LogP contribution in [0.2, 0.25) is 5.02 Å². The second kappa shape index (κ2) is 5.83. The van der Waals surface area contributed by atoms with Gasteiger partial charge in [-0.1, -0.05) is 17.7 Å². The minimum Gasteiger partial charge on any atom is -0.397 e. The molecule has 1 heterocycles. The van der Waals surface area contributed by atoms with Gasteiger partial charge in [-0.05, 0) is 31.4 Å². The Bertz CT molecular complexity index is 682. The molecule has 21 heavy (non-hydrogen) atoms. The molecule has 1 aromatic heterocycles. The van der Waals surface area contributed by atoms with Gasteiger partial charge in [-0.15, -0.1) is 11.3 Å². The monoisotopic (exact) mass is 324 g/mol. The maximum absolute atomic E-state index is 12.8. The normalized spacial score (nSPS) is 15.1. The fourth-order valence-electron chi connectivity index (χ4n) is 2.67. The quantitative estimate of drug-likeness (QED) is 0.908. The lowest BCUT2D eigenvalue weighted by molar-refractivity contribution is 0.0531. The van der Waals surface area contributed by atoms with Crippen LogP contribution in [-0.4, -0.2) is 35.1 Å². The maximum atomic E-state index is 12.8. The molecular weight excluding hydrogens is 308 g/mol. The molecule has 4 nitrogen and oxygen atoms in total. The molecule has 1 aromatic carbocycles. The molecular formula is C15H17ClN2O2S. The third-order valence-corrected chi connectivity index (χ3v) is 5.49. The number of nitrogen functional groups attached to an aromatic ring is 1. The Kier molecular flexibility index (Phi) is 4.06. The van der Waals surface area contributed by atoms with Gasteiger partial charge in [-0.25, -0.2) is 0 Å². The van der Waals surface area contributed by atoms with Gasteiger partial charge in [0.2, 0.25) is 0 Å². The average Bonchev–Trinajstić information content (AvgIpc) is 2.74. The molecule has 1 aliphatic carbocycles. The first-order valence-electron chi connectivity index (χ1n) is 7.01. The fraction of sp³-hybridized carbons (Fsp3) is 0.400. The molecule has 6 heteroatoms. The van der Waals surface area contributed by atoms with E-state index in [1.165, 1.54) is 11.3 Å². The van der Waals surface area contributed by atoms with Crippen molar-refractivity contribution in [2.24, 2.45) is 0 Å². The number of anilines is 1. The average molecular weight is 325 g/mol. The highest BCUT2D eigenvalue weighted by molar-refractivity contribution is 7.21. The zero-order valence-corrected chi connectivity index (χ0v) is 13.1. The molecule has 3 rings (SSSR count). The predicted octanol–water partition coefficient (Wildman–Crippen LogP) is 3.12. The SMILES string of the molecule is Nc1c(C(=O)N(CCO)C2CCC2)sc2cccc(Cl)c12. The predicted molar refractivity (Wildman–Crippen MR) is 87.0 cm³/mol. The van der Waals surface area contributed by atoms with E-state index < -0.39 is 0 Å². The van der Waals surface area contributed by atoms with Gasteiger partial charge in [0, 0.05) is 22.7 Å². The lowest BCUT2D eigenvalue weighted by Gasteiger charge is -2.37. The lowest BCUT2D eigenvalue weighted by atomic mass is 9.91. The summed E-state index contributed by atoms with van der Waals surface area (Å²) in [6.45, 7) is 0.318. The fourth-order valence-corrected chi connectivity index (χ4v) is 4.11. The summed E-state index contributed by atoms with van der Waals surface area (Å²) in [5.74, 6) is -0.0940. The number of aliphatic hydroxyl groups excluding tert-OH is 1. The number of carbonyl (C=O) groups excluding carboxylic acids is 1. The van der Waals surface area contributed by atoms with Crippen molar-refractivity contribution in [1.29, 1.82) is 0 Å². The summed E-state index contributed by atoms with van der Waals surface area (Å²) in [7, 11) is 0. The van der Waals surface area contributed by atoms with Gasteiger partial charge in [0.25, 0.3) is 5.91 Å². The molecule has 0 atom stereocenters. The highest BCUT2D eigenvalue weighted by atomic mass is 35.5. The third kappa shape index (κ3) is 2.50. The van der Waals surface area contributed by atoms with Gasteiger partial charge in [-0.3, -0.25) is 4.79 Å². The molecule has 0 radical (unpaired) electrons. The zero-order valence-electron chi connectivity index (χ0n) is 11.5. The van der Waals surface area contributed by atoms with E-state index in [2.05, 4.69) is 0 Å². The van der Waals surface area contributed by atoms with Gasteiger partial charge in [0.15, 0.2) is 0 Å². The van der Waals surface area contributed by atoms with E-state index in [1.54, 1.807) is 11.0 Å². The number of carbonyl (C=O) groups is 1. The van der Waals surface area contributed by atoms with Gasteiger partial charge in [0.05, 0.1) is 17.3 Å². The van der Waals surface area contributed by atoms with E-state index >= 15 is 0 Å². The van der Waals surface area contributed by atoms with Crippen LogP contribution in [0.1, 0.15) is 28.9 Å². The molecule has 0 bridgehead atoms. The van der Waals surface area contributed by atoms with Crippen molar-refractivity contribution in [2.45, 2.75) is 25.3 Å². The van der Waals surface area contributed by atoms with Crippen molar-refractivity contribution in [1.82, 2.24) is 4.90 Å². The standard InChI is InChI=1S/C15H17ClN2O2S/c16-10-5-2-6-11-12(10)13(17)14(21-11)15(20)18(7-8-19)9-3-1-4-9/h2,5-6,9,19H,1,3-4,7-8,17H2. The molecule has 2 aromatic rings. The third-order valence-electron chi connectivity index (χ3n) is 4.01. The van der Waals surface area contributed by atoms with Crippen LogP contribution in [0.4, 0.5) is 5.69 Å². The number of hydrogen-bond acceptors (Lipinski definition) is 4. The van der Waals surface area contributed by atoms with Crippen LogP contribution in [0, 0.1) is 0 Å². The number of amides is 1. The Morgan fingerprint density at radius 3 is 2.81 bits per heavy atom. The minimum atomic E-state index is -0.0940. The van der Waals surface area contributed by atoms with Crippen molar-refractivity contribution in [2.75, 3.05) is 18.9 Å². The van der Waals surface area contributed by atoms with Crippen LogP contribution in [0.3, 0.4) is 0 Å². The number of benzene rings is 1. The van der Waals surface area contributed by atoms with E-state index in [0.717, 1.165) is 29.3 Å². The number of halogens is 1. The molecule has 1 saturated carbocycles. The van der Waals surface area contributed by atoms with Crippen LogP contribution in [-0.2, 0) is 0 Å². The molecule has 0 saturated heterocycles. The zero-order chi connectivity index (χ0) is 15.0. The Labute approximate surface area is 132 Å². The highest BCUT2D eigenvalue weighted by Crippen LogP contribution is 2.39. The van der Waals surface area contributed by atoms with E-state index in [9.17, 15) is 9.90 Å². The Hall–Kier alpha value is -1.30. The second-order valence-corrected chi connectivity index (χ2v) is 6.72. The Morgan fingerprint density at radius 1 is 1.48 bits per heavy atom. The van der Waals surface area contributed by atoms with Crippen LogP contribution in [0.5, 0.6) is 0 Å². The number of nitrogens with two attached hydrogens (primary N) is 1. The topological polar surface area (TPSA) is 66.6 Å². The van der Waals surface area contributed by atoms with Crippen LogP contribution >= 0.6 is 22.9 Å². The van der Waals surface area contributed by atoms with Gasteiger partial charge < -0.3 is 15.7 Å². The number of fused-ring (bicyclic) bond motifs is 1. The summed E-state index contributed by atoms with van der Waals surface area (Å²) >= 11 is 7.55. The molecule has 3 N–H and O–H groups in total. The summed E-state index contributed by atoms with van der Waals surface area (Å²) in [4.78, 5) is 15.0. The van der Waals surface area contributed by atoms with E-state index in [4.69, 9.17) is 17.3 Å². The lowest BCUT2D eigenvalue weighted by Crippen LogP contribution is -2.45. The first-order valence-corrected chi connectivity index (χ1v) is 8.21. The maximum Gasteiger partial charge on any atom is 0.266 e. The second-order valence-electron chi connectivity index (χ2n) is 5.26. The minimum absolute atomic E-state index is 0.0339. The molecule has 0 aliphatic heterocycles. The van der Waals surface area contributed by atoms with Crippen molar-refractivity contribution in [3.63, 3.8) is 0 Å². The molecule has 0 unspecified atom stereocenters. The van der Waals surface area contributed by atoms with Gasteiger partial charge in [0.1, 0.15) is 4.88 Å². The number of hydrogen-bond donors (Lipinski definition) is 2. The van der Waals surface area contributed by atoms with E-state index in [1.807, 2.05) is 12.1 Å². The van der Waals surface area contributed by atoms with Crippen molar-refractivity contribution < 1.29 is 9.90 Å². The summed E-state index contributed by atoms with van der Waals surface area (Å²) in [6.07, 6.45) is 3.13. The van der Waals surface area contributed by atoms with Crippen molar-refractivity contribution >= 4 is 44.6 Å². The molecule has 1 aliphatic rings. The summed E-state index contributed by atoms with van der Waals surface area (Å²) < 4.78 is 0.918. The number of thiophene rings is 1. The molecule has 1 amide bonds. The number of aliphatic hydroxyl groups is 1. The summed E-state index contributed by atoms with van der Waals surface area (Å²) in [6, 6.07) is 5.77. The molecule has 112 valence electrons.